The summed E-state index contributed by atoms with van der Waals surface area (Å²) in [4.78, 5) is 6.40. The van der Waals surface area contributed by atoms with Crippen LogP contribution in [0.25, 0.3) is 0 Å². The van der Waals surface area contributed by atoms with Crippen molar-refractivity contribution in [2.75, 3.05) is 19.8 Å². The van der Waals surface area contributed by atoms with E-state index >= 15 is 0 Å². The molecular weight excluding hydrogens is 228 g/mol. The standard InChI is InChI=1S/C14H26N2O2/c1-6-13(15-7-2)18-12-8-9-16(10-12)11-17-14(3,4)5/h7,12H,2,6,8-11H2,1,3-5H3. The summed E-state index contributed by atoms with van der Waals surface area (Å²) >= 11 is 0. The molecule has 1 saturated heterocycles. The summed E-state index contributed by atoms with van der Waals surface area (Å²) in [5, 5.41) is 0. The SMILES string of the molecule is C=CN=C(CC)OC1CCN(COC(C)(C)C)C1. The number of hydrogen-bond acceptors (Lipinski definition) is 4. The normalized spacial score (nSPS) is 22.2. The molecule has 1 rings (SSSR count). The first kappa shape index (κ1) is 15.2. The number of ether oxygens (including phenoxy) is 2. The lowest BCUT2D eigenvalue weighted by molar-refractivity contribution is -0.0589. The van der Waals surface area contributed by atoms with Crippen molar-refractivity contribution in [1.29, 1.82) is 0 Å². The Morgan fingerprint density at radius 2 is 2.22 bits per heavy atom. The van der Waals surface area contributed by atoms with Crippen LogP contribution >= 0.6 is 0 Å². The molecular formula is C14H26N2O2. The van der Waals surface area contributed by atoms with Crippen molar-refractivity contribution in [3.05, 3.63) is 12.8 Å². The second-order valence-corrected chi connectivity index (χ2v) is 5.55. The fourth-order valence-electron chi connectivity index (χ4n) is 1.79. The molecule has 1 unspecified atom stereocenters. The molecule has 0 saturated carbocycles. The maximum atomic E-state index is 5.84. The van der Waals surface area contributed by atoms with Crippen molar-refractivity contribution in [2.45, 2.75) is 52.2 Å². The zero-order valence-electron chi connectivity index (χ0n) is 12.1. The van der Waals surface area contributed by atoms with Gasteiger partial charge in [0.2, 0.25) is 0 Å². The first-order valence-corrected chi connectivity index (χ1v) is 6.65. The van der Waals surface area contributed by atoms with Crippen LogP contribution in [-0.2, 0) is 9.47 Å². The van der Waals surface area contributed by atoms with E-state index in [-0.39, 0.29) is 11.7 Å². The minimum Gasteiger partial charge on any atom is -0.476 e. The summed E-state index contributed by atoms with van der Waals surface area (Å²) in [5.74, 6) is 0.772. The average molecular weight is 254 g/mol. The smallest absolute Gasteiger partial charge is 0.187 e. The van der Waals surface area contributed by atoms with Gasteiger partial charge in [-0.3, -0.25) is 4.90 Å². The Morgan fingerprint density at radius 1 is 1.50 bits per heavy atom. The molecule has 4 heteroatoms. The van der Waals surface area contributed by atoms with Crippen LogP contribution in [0.3, 0.4) is 0 Å². The third-order valence-electron chi connectivity index (χ3n) is 2.75. The minimum absolute atomic E-state index is 0.0855. The molecule has 1 atom stereocenters. The quantitative estimate of drug-likeness (QED) is 0.559. The van der Waals surface area contributed by atoms with Gasteiger partial charge in [0.1, 0.15) is 6.10 Å². The average Bonchev–Trinajstić information content (AvgIpc) is 2.73. The van der Waals surface area contributed by atoms with Crippen LogP contribution in [0.15, 0.2) is 17.8 Å². The van der Waals surface area contributed by atoms with Gasteiger partial charge in [-0.25, -0.2) is 4.99 Å². The van der Waals surface area contributed by atoms with Gasteiger partial charge in [-0.15, -0.1) is 0 Å². The Kier molecular flexibility index (Phi) is 5.82. The van der Waals surface area contributed by atoms with Crippen LogP contribution in [-0.4, -0.2) is 42.3 Å². The van der Waals surface area contributed by atoms with E-state index in [1.165, 1.54) is 6.20 Å². The molecule has 0 aromatic heterocycles. The van der Waals surface area contributed by atoms with Gasteiger partial charge >= 0.3 is 0 Å². The molecule has 0 spiro atoms. The van der Waals surface area contributed by atoms with Crippen LogP contribution < -0.4 is 0 Å². The number of likely N-dealkylation sites (tertiary alicyclic amines) is 1. The van der Waals surface area contributed by atoms with Crippen molar-refractivity contribution in [3.63, 3.8) is 0 Å². The van der Waals surface area contributed by atoms with E-state index in [1.54, 1.807) is 0 Å². The number of rotatable bonds is 5. The molecule has 0 radical (unpaired) electrons. The molecule has 0 aliphatic carbocycles. The fourth-order valence-corrected chi connectivity index (χ4v) is 1.79. The van der Waals surface area contributed by atoms with E-state index in [1.807, 2.05) is 6.92 Å². The van der Waals surface area contributed by atoms with Crippen molar-refractivity contribution in [1.82, 2.24) is 4.90 Å². The lowest BCUT2D eigenvalue weighted by atomic mass is 10.2. The molecule has 1 heterocycles. The molecule has 0 N–H and O–H groups in total. The highest BCUT2D eigenvalue weighted by Gasteiger charge is 2.25. The van der Waals surface area contributed by atoms with Crippen LogP contribution in [0.1, 0.15) is 40.5 Å². The van der Waals surface area contributed by atoms with Gasteiger partial charge in [-0.2, -0.15) is 0 Å². The number of nitrogens with zero attached hydrogens (tertiary/aromatic N) is 2. The second kappa shape index (κ2) is 6.90. The molecule has 104 valence electrons. The van der Waals surface area contributed by atoms with Gasteiger partial charge in [0.05, 0.1) is 12.3 Å². The van der Waals surface area contributed by atoms with E-state index in [0.717, 1.165) is 31.8 Å². The summed E-state index contributed by atoms with van der Waals surface area (Å²) in [5.41, 5.74) is -0.0855. The van der Waals surface area contributed by atoms with Crippen molar-refractivity contribution in [2.24, 2.45) is 4.99 Å². The number of hydrogen-bond donors (Lipinski definition) is 0. The third kappa shape index (κ3) is 5.65. The molecule has 0 aromatic carbocycles. The summed E-state index contributed by atoms with van der Waals surface area (Å²) in [6.07, 6.45) is 3.60. The lowest BCUT2D eigenvalue weighted by Gasteiger charge is -2.24. The molecule has 4 nitrogen and oxygen atoms in total. The topological polar surface area (TPSA) is 34.1 Å². The lowest BCUT2D eigenvalue weighted by Crippen LogP contribution is -2.31. The van der Waals surface area contributed by atoms with E-state index in [0.29, 0.717) is 6.73 Å². The summed E-state index contributed by atoms with van der Waals surface area (Å²) in [6.45, 7) is 14.5. The van der Waals surface area contributed by atoms with E-state index < -0.39 is 0 Å². The van der Waals surface area contributed by atoms with Gasteiger partial charge in [0.25, 0.3) is 0 Å². The van der Waals surface area contributed by atoms with Crippen LogP contribution in [0.2, 0.25) is 0 Å². The zero-order chi connectivity index (χ0) is 13.6. The Bertz CT molecular complexity index is 295. The fraction of sp³-hybridized carbons (Fsp3) is 0.786. The minimum atomic E-state index is -0.0855. The highest BCUT2D eigenvalue weighted by atomic mass is 16.5. The first-order chi connectivity index (χ1) is 8.44. The molecule has 0 aromatic rings. The van der Waals surface area contributed by atoms with Crippen molar-refractivity contribution < 1.29 is 9.47 Å². The van der Waals surface area contributed by atoms with Gasteiger partial charge in [-0.1, -0.05) is 13.5 Å². The Labute approximate surface area is 111 Å². The first-order valence-electron chi connectivity index (χ1n) is 6.65. The van der Waals surface area contributed by atoms with Crippen molar-refractivity contribution >= 4 is 5.90 Å². The zero-order valence-corrected chi connectivity index (χ0v) is 12.1. The third-order valence-corrected chi connectivity index (χ3v) is 2.75. The van der Waals surface area contributed by atoms with Gasteiger partial charge in [0, 0.05) is 25.7 Å². The monoisotopic (exact) mass is 254 g/mol. The van der Waals surface area contributed by atoms with Gasteiger partial charge < -0.3 is 9.47 Å². The van der Waals surface area contributed by atoms with Gasteiger partial charge in [0.15, 0.2) is 5.90 Å². The van der Waals surface area contributed by atoms with Crippen molar-refractivity contribution in [3.8, 4) is 0 Å². The molecule has 0 bridgehead atoms. The van der Waals surface area contributed by atoms with E-state index in [2.05, 4.69) is 37.2 Å². The predicted octanol–water partition coefficient (Wildman–Crippen LogP) is 2.80. The summed E-state index contributed by atoms with van der Waals surface area (Å²) in [6, 6.07) is 0. The van der Waals surface area contributed by atoms with Crippen LogP contribution in [0.5, 0.6) is 0 Å². The molecule has 1 aliphatic heterocycles. The Hall–Kier alpha value is -0.870. The Morgan fingerprint density at radius 3 is 2.78 bits per heavy atom. The molecule has 1 aliphatic rings. The molecule has 18 heavy (non-hydrogen) atoms. The number of aliphatic imine (C=N–C) groups is 1. The van der Waals surface area contributed by atoms with Crippen LogP contribution in [0, 0.1) is 0 Å². The maximum Gasteiger partial charge on any atom is 0.187 e. The summed E-state index contributed by atoms with van der Waals surface area (Å²) < 4.78 is 11.6. The highest BCUT2D eigenvalue weighted by Crippen LogP contribution is 2.16. The Balaban J connectivity index is 2.33. The second-order valence-electron chi connectivity index (χ2n) is 5.55. The maximum absolute atomic E-state index is 5.84. The van der Waals surface area contributed by atoms with E-state index in [9.17, 15) is 0 Å². The predicted molar refractivity (Wildman–Crippen MR) is 74.7 cm³/mol. The van der Waals surface area contributed by atoms with Crippen LogP contribution in [0.4, 0.5) is 0 Å². The van der Waals surface area contributed by atoms with Gasteiger partial charge in [-0.05, 0) is 27.2 Å². The highest BCUT2D eigenvalue weighted by molar-refractivity contribution is 5.76. The summed E-state index contributed by atoms with van der Waals surface area (Å²) in [7, 11) is 0. The molecule has 0 amide bonds. The largest absolute Gasteiger partial charge is 0.476 e. The van der Waals surface area contributed by atoms with E-state index in [4.69, 9.17) is 9.47 Å². The molecule has 1 fully saturated rings.